The van der Waals surface area contributed by atoms with E-state index in [2.05, 4.69) is 14.9 Å². The topological polar surface area (TPSA) is 60.2 Å². The van der Waals surface area contributed by atoms with Crippen LogP contribution in [0, 0.1) is 5.92 Å². The normalized spacial score (nSPS) is 18.5. The first-order valence-electron chi connectivity index (χ1n) is 7.47. The van der Waals surface area contributed by atoms with Gasteiger partial charge in [-0.05, 0) is 24.6 Å². The van der Waals surface area contributed by atoms with Crippen molar-refractivity contribution in [2.24, 2.45) is 13.0 Å². The molecule has 0 aromatic carbocycles. The zero-order valence-electron chi connectivity index (χ0n) is 12.7. The number of aromatic nitrogens is 3. The largest absolute Gasteiger partial charge is 0.476 e. The van der Waals surface area contributed by atoms with Gasteiger partial charge in [-0.1, -0.05) is 0 Å². The zero-order valence-corrected chi connectivity index (χ0v) is 12.7. The van der Waals surface area contributed by atoms with E-state index in [0.717, 1.165) is 31.6 Å². The van der Waals surface area contributed by atoms with Gasteiger partial charge in [-0.2, -0.15) is 0 Å². The number of pyridine rings is 1. The lowest BCUT2D eigenvalue weighted by molar-refractivity contribution is 0.231. The molecule has 0 spiro atoms. The number of ether oxygens (including phenoxy) is 1. The van der Waals surface area contributed by atoms with Crippen LogP contribution in [0.2, 0.25) is 0 Å². The molecule has 0 amide bonds. The minimum atomic E-state index is 0.0410. The minimum absolute atomic E-state index is 0.0410. The summed E-state index contributed by atoms with van der Waals surface area (Å²) in [5.41, 5.74) is 1.11. The molecule has 22 heavy (non-hydrogen) atoms. The molecule has 6 heteroatoms. The highest BCUT2D eigenvalue weighted by atomic mass is 16.5. The lowest BCUT2D eigenvalue weighted by Crippen LogP contribution is -2.24. The summed E-state index contributed by atoms with van der Waals surface area (Å²) in [7, 11) is 1.77. The average molecular weight is 300 g/mol. The van der Waals surface area contributed by atoms with Gasteiger partial charge in [-0.25, -0.2) is 4.98 Å². The maximum atomic E-state index is 11.6. The quantitative estimate of drug-likeness (QED) is 0.827. The molecular formula is C16H20N4O2. The van der Waals surface area contributed by atoms with Gasteiger partial charge in [0.25, 0.3) is 5.56 Å². The van der Waals surface area contributed by atoms with Crippen LogP contribution in [0.3, 0.4) is 0 Å². The third-order valence-corrected chi connectivity index (χ3v) is 3.95. The van der Waals surface area contributed by atoms with Crippen LogP contribution in [-0.4, -0.2) is 39.1 Å². The van der Waals surface area contributed by atoms with Gasteiger partial charge in [0, 0.05) is 50.7 Å². The van der Waals surface area contributed by atoms with Gasteiger partial charge in [-0.3, -0.25) is 14.7 Å². The Balaban J connectivity index is 1.49. The molecule has 116 valence electrons. The van der Waals surface area contributed by atoms with Crippen molar-refractivity contribution in [3.8, 4) is 5.88 Å². The summed E-state index contributed by atoms with van der Waals surface area (Å²) in [6.07, 6.45) is 7.82. The smallest absolute Gasteiger partial charge is 0.250 e. The number of rotatable bonds is 5. The molecule has 3 heterocycles. The molecule has 1 aliphatic rings. The molecule has 6 nitrogen and oxygen atoms in total. The fourth-order valence-electron chi connectivity index (χ4n) is 2.70. The molecule has 0 saturated carbocycles. The van der Waals surface area contributed by atoms with Crippen molar-refractivity contribution in [1.82, 2.24) is 19.4 Å². The Labute approximate surface area is 129 Å². The van der Waals surface area contributed by atoms with Crippen LogP contribution in [0.25, 0.3) is 0 Å². The first kappa shape index (κ1) is 14.7. The Kier molecular flexibility index (Phi) is 4.48. The van der Waals surface area contributed by atoms with Gasteiger partial charge in [-0.15, -0.1) is 0 Å². The molecule has 1 unspecified atom stereocenters. The molecule has 1 aliphatic heterocycles. The Morgan fingerprint density at radius 3 is 3.09 bits per heavy atom. The highest BCUT2D eigenvalue weighted by molar-refractivity contribution is 5.11. The number of nitrogens with zero attached hydrogens (tertiary/aromatic N) is 4. The number of hydrogen-bond acceptors (Lipinski definition) is 5. The van der Waals surface area contributed by atoms with E-state index in [-0.39, 0.29) is 5.56 Å². The Morgan fingerprint density at radius 2 is 2.32 bits per heavy atom. The van der Waals surface area contributed by atoms with Crippen LogP contribution >= 0.6 is 0 Å². The molecule has 2 aromatic rings. The van der Waals surface area contributed by atoms with Gasteiger partial charge in [0.1, 0.15) is 0 Å². The second kappa shape index (κ2) is 6.70. The second-order valence-electron chi connectivity index (χ2n) is 5.73. The molecular weight excluding hydrogens is 280 g/mol. The van der Waals surface area contributed by atoms with Gasteiger partial charge in [0.2, 0.25) is 5.88 Å². The van der Waals surface area contributed by atoms with Gasteiger partial charge < -0.3 is 9.30 Å². The molecule has 1 atom stereocenters. The Hall–Kier alpha value is -2.21. The standard InChI is InChI=1S/C16H20N4O2/c1-19-6-2-13(8-16(19)21)10-20-7-3-14(11-20)12-22-15-9-17-4-5-18-15/h2,4-6,8-9,14H,3,7,10-12H2,1H3. The second-order valence-corrected chi connectivity index (χ2v) is 5.73. The summed E-state index contributed by atoms with van der Waals surface area (Å²) in [5.74, 6) is 1.07. The molecule has 1 saturated heterocycles. The molecule has 2 aromatic heterocycles. The highest BCUT2D eigenvalue weighted by Crippen LogP contribution is 2.19. The molecule has 3 rings (SSSR count). The zero-order chi connectivity index (χ0) is 15.4. The predicted molar refractivity (Wildman–Crippen MR) is 82.6 cm³/mol. The first-order chi connectivity index (χ1) is 10.7. The molecule has 0 aliphatic carbocycles. The van der Waals surface area contributed by atoms with E-state index in [1.165, 1.54) is 0 Å². The summed E-state index contributed by atoms with van der Waals surface area (Å²) >= 11 is 0. The summed E-state index contributed by atoms with van der Waals surface area (Å²) in [6.45, 7) is 3.49. The van der Waals surface area contributed by atoms with Crippen molar-refractivity contribution in [1.29, 1.82) is 0 Å². The average Bonchev–Trinajstić information content (AvgIpc) is 2.97. The van der Waals surface area contributed by atoms with Crippen molar-refractivity contribution in [2.45, 2.75) is 13.0 Å². The van der Waals surface area contributed by atoms with Crippen molar-refractivity contribution in [3.63, 3.8) is 0 Å². The molecule has 0 N–H and O–H groups in total. The summed E-state index contributed by atoms with van der Waals surface area (Å²) in [5, 5.41) is 0. The van der Waals surface area contributed by atoms with E-state index < -0.39 is 0 Å². The molecule has 0 radical (unpaired) electrons. The monoisotopic (exact) mass is 300 g/mol. The maximum Gasteiger partial charge on any atom is 0.250 e. The van der Waals surface area contributed by atoms with E-state index in [0.29, 0.717) is 18.4 Å². The maximum absolute atomic E-state index is 11.6. The molecule has 1 fully saturated rings. The Morgan fingerprint density at radius 1 is 1.41 bits per heavy atom. The van der Waals surface area contributed by atoms with Gasteiger partial charge in [0.15, 0.2) is 0 Å². The summed E-state index contributed by atoms with van der Waals surface area (Å²) in [4.78, 5) is 22.1. The van der Waals surface area contributed by atoms with Crippen molar-refractivity contribution < 1.29 is 4.74 Å². The van der Waals surface area contributed by atoms with E-state index >= 15 is 0 Å². The number of likely N-dealkylation sites (tertiary alicyclic amines) is 1. The van der Waals surface area contributed by atoms with E-state index in [1.807, 2.05) is 12.3 Å². The van der Waals surface area contributed by atoms with Crippen LogP contribution < -0.4 is 10.3 Å². The van der Waals surface area contributed by atoms with Crippen molar-refractivity contribution in [3.05, 3.63) is 52.8 Å². The third kappa shape index (κ3) is 3.71. The third-order valence-electron chi connectivity index (χ3n) is 3.95. The van der Waals surface area contributed by atoms with Crippen LogP contribution in [-0.2, 0) is 13.6 Å². The van der Waals surface area contributed by atoms with Crippen LogP contribution in [0.15, 0.2) is 41.7 Å². The number of aryl methyl sites for hydroxylation is 1. The minimum Gasteiger partial charge on any atom is -0.476 e. The fourth-order valence-corrected chi connectivity index (χ4v) is 2.70. The number of hydrogen-bond donors (Lipinski definition) is 0. The van der Waals surface area contributed by atoms with Crippen molar-refractivity contribution in [2.75, 3.05) is 19.7 Å². The van der Waals surface area contributed by atoms with Crippen molar-refractivity contribution >= 4 is 0 Å². The lowest BCUT2D eigenvalue weighted by atomic mass is 10.1. The summed E-state index contributed by atoms with van der Waals surface area (Å²) in [6, 6.07) is 3.72. The van der Waals surface area contributed by atoms with Gasteiger partial charge >= 0.3 is 0 Å². The lowest BCUT2D eigenvalue weighted by Gasteiger charge is -2.16. The predicted octanol–water partition coefficient (Wildman–Crippen LogP) is 1.08. The SMILES string of the molecule is Cn1ccc(CN2CCC(COc3cnccn3)C2)cc1=O. The van der Waals surface area contributed by atoms with Gasteiger partial charge in [0.05, 0.1) is 12.8 Å². The van der Waals surface area contributed by atoms with Crippen LogP contribution in [0.5, 0.6) is 5.88 Å². The first-order valence-corrected chi connectivity index (χ1v) is 7.47. The fraction of sp³-hybridized carbons (Fsp3) is 0.438. The summed E-state index contributed by atoms with van der Waals surface area (Å²) < 4.78 is 7.26. The van der Waals surface area contributed by atoms with Crippen LogP contribution in [0.1, 0.15) is 12.0 Å². The van der Waals surface area contributed by atoms with E-state index in [4.69, 9.17) is 4.74 Å². The Bertz CT molecular complexity index is 671. The van der Waals surface area contributed by atoms with Crippen LogP contribution in [0.4, 0.5) is 0 Å². The highest BCUT2D eigenvalue weighted by Gasteiger charge is 2.23. The van der Waals surface area contributed by atoms with E-state index in [9.17, 15) is 4.79 Å². The van der Waals surface area contributed by atoms with E-state index in [1.54, 1.807) is 36.3 Å². The molecule has 0 bridgehead atoms.